The van der Waals surface area contributed by atoms with Gasteiger partial charge in [-0.2, -0.15) is 0 Å². The second-order valence-electron chi connectivity index (χ2n) is 4.17. The van der Waals surface area contributed by atoms with Crippen molar-refractivity contribution < 1.29 is 5.11 Å². The molecule has 0 radical (unpaired) electrons. The number of hydrogen-bond acceptors (Lipinski definition) is 4. The number of aliphatic hydroxyl groups excluding tert-OH is 1. The van der Waals surface area contributed by atoms with Crippen LogP contribution in [-0.4, -0.2) is 21.2 Å². The van der Waals surface area contributed by atoms with Crippen LogP contribution in [0.1, 0.15) is 18.6 Å². The minimum Gasteiger partial charge on any atom is -0.387 e. The smallest absolute Gasteiger partial charge is 0.293 e. The maximum atomic E-state index is 11.9. The van der Waals surface area contributed by atoms with Crippen molar-refractivity contribution in [2.24, 2.45) is 0 Å². The van der Waals surface area contributed by atoms with Crippen LogP contribution in [0.25, 0.3) is 0 Å². The quantitative estimate of drug-likeness (QED) is 0.852. The number of nitrogens with zero attached hydrogens (tertiary/aromatic N) is 2. The van der Waals surface area contributed by atoms with E-state index in [1.165, 1.54) is 0 Å². The molecule has 2 aromatic rings. The van der Waals surface area contributed by atoms with Crippen LogP contribution in [0.4, 0.5) is 5.82 Å². The zero-order valence-corrected chi connectivity index (χ0v) is 10.8. The first kappa shape index (κ1) is 13.3. The molecule has 1 aromatic heterocycles. The summed E-state index contributed by atoms with van der Waals surface area (Å²) in [6.45, 7) is 2.74. The number of hydrogen-bond donors (Lipinski definition) is 2. The fourth-order valence-corrected chi connectivity index (χ4v) is 1.80. The lowest BCUT2D eigenvalue weighted by atomic mass is 10.1. The topological polar surface area (TPSA) is 67.2 Å². The third-order valence-electron chi connectivity index (χ3n) is 2.90. The summed E-state index contributed by atoms with van der Waals surface area (Å²) in [5, 5.41) is 12.9. The molecule has 1 unspecified atom stereocenters. The lowest BCUT2D eigenvalue weighted by molar-refractivity contribution is 0.191. The van der Waals surface area contributed by atoms with E-state index in [1.807, 2.05) is 37.3 Å². The van der Waals surface area contributed by atoms with Crippen LogP contribution < -0.4 is 10.9 Å². The van der Waals surface area contributed by atoms with Crippen LogP contribution in [0.5, 0.6) is 0 Å². The Morgan fingerprint density at radius 2 is 2.11 bits per heavy atom. The predicted octanol–water partition coefficient (Wildman–Crippen LogP) is 1.41. The van der Waals surface area contributed by atoms with Gasteiger partial charge in [0, 0.05) is 25.5 Å². The van der Waals surface area contributed by atoms with Gasteiger partial charge in [-0.1, -0.05) is 30.3 Å². The van der Waals surface area contributed by atoms with Gasteiger partial charge in [0.15, 0.2) is 5.82 Å². The Kier molecular flexibility index (Phi) is 4.30. The largest absolute Gasteiger partial charge is 0.387 e. The fraction of sp³-hybridized carbons (Fsp3) is 0.286. The van der Waals surface area contributed by atoms with Gasteiger partial charge in [0.25, 0.3) is 5.56 Å². The van der Waals surface area contributed by atoms with Gasteiger partial charge in [-0.25, -0.2) is 4.98 Å². The number of aliphatic hydroxyl groups is 1. The molecule has 0 aliphatic rings. The highest BCUT2D eigenvalue weighted by atomic mass is 16.3. The number of benzene rings is 1. The molecule has 1 atom stereocenters. The molecule has 0 saturated heterocycles. The average molecular weight is 259 g/mol. The fourth-order valence-electron chi connectivity index (χ4n) is 1.80. The molecule has 1 heterocycles. The van der Waals surface area contributed by atoms with Crippen LogP contribution >= 0.6 is 0 Å². The Bertz CT molecular complexity index is 581. The summed E-state index contributed by atoms with van der Waals surface area (Å²) in [6.07, 6.45) is 2.54. The van der Waals surface area contributed by atoms with E-state index in [0.29, 0.717) is 6.54 Å². The molecule has 5 nitrogen and oxygen atoms in total. The normalized spacial score (nSPS) is 12.1. The van der Waals surface area contributed by atoms with Crippen molar-refractivity contribution in [3.63, 3.8) is 0 Å². The second-order valence-corrected chi connectivity index (χ2v) is 4.17. The summed E-state index contributed by atoms with van der Waals surface area (Å²) in [5.41, 5.74) is 0.631. The third kappa shape index (κ3) is 3.20. The molecule has 0 aliphatic carbocycles. The number of anilines is 1. The highest BCUT2D eigenvalue weighted by Crippen LogP contribution is 2.11. The van der Waals surface area contributed by atoms with Crippen LogP contribution in [-0.2, 0) is 6.54 Å². The van der Waals surface area contributed by atoms with E-state index in [2.05, 4.69) is 10.3 Å². The molecule has 19 heavy (non-hydrogen) atoms. The predicted molar refractivity (Wildman–Crippen MR) is 74.1 cm³/mol. The molecule has 0 spiro atoms. The highest BCUT2D eigenvalue weighted by molar-refractivity contribution is 5.32. The van der Waals surface area contributed by atoms with Crippen molar-refractivity contribution in [3.8, 4) is 0 Å². The van der Waals surface area contributed by atoms with E-state index in [1.54, 1.807) is 17.0 Å². The van der Waals surface area contributed by atoms with E-state index >= 15 is 0 Å². The van der Waals surface area contributed by atoms with Gasteiger partial charge < -0.3 is 15.0 Å². The number of aryl methyl sites for hydroxylation is 1. The molecule has 2 N–H and O–H groups in total. The van der Waals surface area contributed by atoms with E-state index in [-0.39, 0.29) is 17.9 Å². The van der Waals surface area contributed by atoms with Crippen molar-refractivity contribution in [1.29, 1.82) is 0 Å². The number of rotatable bonds is 5. The Morgan fingerprint density at radius 3 is 2.79 bits per heavy atom. The van der Waals surface area contributed by atoms with E-state index in [0.717, 1.165) is 5.56 Å². The maximum Gasteiger partial charge on any atom is 0.293 e. The standard InChI is InChI=1S/C14H17N3O2/c1-2-17-9-8-15-13(14(17)19)16-10-12(18)11-6-4-3-5-7-11/h3-9,12,18H,2,10H2,1H3,(H,15,16). The lowest BCUT2D eigenvalue weighted by Crippen LogP contribution is -2.25. The molecule has 0 fully saturated rings. The molecular weight excluding hydrogens is 242 g/mol. The zero-order chi connectivity index (χ0) is 13.7. The Hall–Kier alpha value is -2.14. The van der Waals surface area contributed by atoms with Crippen LogP contribution in [0.15, 0.2) is 47.5 Å². The first-order valence-electron chi connectivity index (χ1n) is 6.24. The Balaban J connectivity index is 2.05. The van der Waals surface area contributed by atoms with Crippen LogP contribution in [0.3, 0.4) is 0 Å². The monoisotopic (exact) mass is 259 g/mol. The first-order chi connectivity index (χ1) is 9.22. The van der Waals surface area contributed by atoms with Gasteiger partial charge in [0.2, 0.25) is 0 Å². The summed E-state index contributed by atoms with van der Waals surface area (Å²) in [5.74, 6) is 0.263. The molecule has 1 aromatic carbocycles. The van der Waals surface area contributed by atoms with Gasteiger partial charge >= 0.3 is 0 Å². The summed E-state index contributed by atoms with van der Waals surface area (Å²) < 4.78 is 1.56. The summed E-state index contributed by atoms with van der Waals surface area (Å²) in [6, 6.07) is 9.30. The molecule has 0 saturated carbocycles. The van der Waals surface area contributed by atoms with Crippen LogP contribution in [0, 0.1) is 0 Å². The van der Waals surface area contributed by atoms with Crippen LogP contribution in [0.2, 0.25) is 0 Å². The Morgan fingerprint density at radius 1 is 1.37 bits per heavy atom. The molecule has 0 aliphatic heterocycles. The lowest BCUT2D eigenvalue weighted by Gasteiger charge is -2.12. The molecule has 2 rings (SSSR count). The SMILES string of the molecule is CCn1ccnc(NCC(O)c2ccccc2)c1=O. The van der Waals surface area contributed by atoms with Gasteiger partial charge in [-0.15, -0.1) is 0 Å². The minimum atomic E-state index is -0.669. The van der Waals surface area contributed by atoms with E-state index in [9.17, 15) is 9.90 Å². The van der Waals surface area contributed by atoms with E-state index in [4.69, 9.17) is 0 Å². The molecular formula is C14H17N3O2. The van der Waals surface area contributed by atoms with E-state index < -0.39 is 6.10 Å². The number of nitrogens with one attached hydrogen (secondary N) is 1. The average Bonchev–Trinajstić information content (AvgIpc) is 2.47. The van der Waals surface area contributed by atoms with Crippen molar-refractivity contribution in [1.82, 2.24) is 9.55 Å². The molecule has 0 amide bonds. The summed E-state index contributed by atoms with van der Waals surface area (Å²) in [4.78, 5) is 15.9. The van der Waals surface area contributed by atoms with Crippen molar-refractivity contribution in [2.45, 2.75) is 19.6 Å². The third-order valence-corrected chi connectivity index (χ3v) is 2.90. The summed E-state index contributed by atoms with van der Waals surface area (Å²) in [7, 11) is 0. The molecule has 5 heteroatoms. The number of aromatic nitrogens is 2. The molecule has 0 bridgehead atoms. The maximum absolute atomic E-state index is 11.9. The minimum absolute atomic E-state index is 0.176. The van der Waals surface area contributed by atoms with Gasteiger partial charge in [0.05, 0.1) is 6.10 Å². The van der Waals surface area contributed by atoms with Crippen molar-refractivity contribution in [2.75, 3.05) is 11.9 Å². The van der Waals surface area contributed by atoms with Gasteiger partial charge in [-0.05, 0) is 12.5 Å². The van der Waals surface area contributed by atoms with Gasteiger partial charge in [0.1, 0.15) is 0 Å². The first-order valence-corrected chi connectivity index (χ1v) is 6.24. The van der Waals surface area contributed by atoms with Crippen molar-refractivity contribution in [3.05, 3.63) is 58.6 Å². The summed E-state index contributed by atoms with van der Waals surface area (Å²) >= 11 is 0. The second kappa shape index (κ2) is 6.15. The highest BCUT2D eigenvalue weighted by Gasteiger charge is 2.09. The van der Waals surface area contributed by atoms with Gasteiger partial charge in [-0.3, -0.25) is 4.79 Å². The Labute approximate surface area is 111 Å². The molecule has 100 valence electrons. The zero-order valence-electron chi connectivity index (χ0n) is 10.8. The van der Waals surface area contributed by atoms with Crippen molar-refractivity contribution >= 4 is 5.82 Å².